The first-order chi connectivity index (χ1) is 16.2. The highest BCUT2D eigenvalue weighted by molar-refractivity contribution is 7.92. The number of rotatable bonds is 8. The van der Waals surface area contributed by atoms with Crippen LogP contribution in [0.5, 0.6) is 11.5 Å². The predicted octanol–water partition coefficient (Wildman–Crippen LogP) is 3.28. The number of hydrazine groups is 1. The van der Waals surface area contributed by atoms with Gasteiger partial charge in [-0.2, -0.15) is 0 Å². The second kappa shape index (κ2) is 10.7. The van der Waals surface area contributed by atoms with Crippen LogP contribution in [-0.2, 0) is 10.0 Å². The van der Waals surface area contributed by atoms with Crippen LogP contribution in [-0.4, -0.2) is 33.9 Å². The number of hydrogen-bond acceptors (Lipinski definition) is 6. The molecule has 0 aromatic heterocycles. The van der Waals surface area contributed by atoms with E-state index in [0.29, 0.717) is 23.6 Å². The van der Waals surface area contributed by atoms with Crippen molar-refractivity contribution in [2.24, 2.45) is 0 Å². The fraction of sp³-hybridized carbons (Fsp3) is 0.167. The van der Waals surface area contributed by atoms with Gasteiger partial charge in [0.15, 0.2) is 0 Å². The molecule has 178 valence electrons. The number of amides is 2. The summed E-state index contributed by atoms with van der Waals surface area (Å²) in [5.74, 6) is -0.559. The Kier molecular flexibility index (Phi) is 7.75. The fourth-order valence-electron chi connectivity index (χ4n) is 2.99. The molecule has 0 saturated carbocycles. The summed E-state index contributed by atoms with van der Waals surface area (Å²) in [5, 5.41) is 0. The summed E-state index contributed by atoms with van der Waals surface area (Å²) >= 11 is 0. The normalized spacial score (nSPS) is 10.8. The molecule has 9 nitrogen and oxygen atoms in total. The van der Waals surface area contributed by atoms with Gasteiger partial charge in [0.2, 0.25) is 0 Å². The van der Waals surface area contributed by atoms with Gasteiger partial charge in [-0.1, -0.05) is 17.7 Å². The van der Waals surface area contributed by atoms with Crippen molar-refractivity contribution in [2.45, 2.75) is 18.7 Å². The molecule has 0 bridgehead atoms. The van der Waals surface area contributed by atoms with Crippen LogP contribution in [0.4, 0.5) is 5.69 Å². The Morgan fingerprint density at radius 3 is 2.03 bits per heavy atom. The van der Waals surface area contributed by atoms with E-state index in [4.69, 9.17) is 9.47 Å². The third-order valence-electron chi connectivity index (χ3n) is 4.74. The molecule has 0 unspecified atom stereocenters. The number of carbonyl (C=O) groups excluding carboxylic acids is 2. The largest absolute Gasteiger partial charge is 0.495 e. The predicted molar refractivity (Wildman–Crippen MR) is 128 cm³/mol. The number of nitrogens with one attached hydrogen (secondary N) is 3. The lowest BCUT2D eigenvalue weighted by Gasteiger charge is -2.14. The van der Waals surface area contributed by atoms with Gasteiger partial charge < -0.3 is 9.47 Å². The summed E-state index contributed by atoms with van der Waals surface area (Å²) in [6, 6.07) is 17.1. The number of sulfonamides is 1. The molecule has 0 radical (unpaired) electrons. The molecule has 0 atom stereocenters. The Bertz CT molecular complexity index is 1270. The number of methoxy groups -OCH3 is 1. The minimum atomic E-state index is -4.06. The molecule has 3 rings (SSSR count). The summed E-state index contributed by atoms with van der Waals surface area (Å²) in [6.07, 6.45) is 0. The maximum Gasteiger partial charge on any atom is 0.269 e. The van der Waals surface area contributed by atoms with E-state index in [9.17, 15) is 18.0 Å². The van der Waals surface area contributed by atoms with E-state index in [0.717, 1.165) is 5.56 Å². The smallest absolute Gasteiger partial charge is 0.269 e. The fourth-order valence-corrected chi connectivity index (χ4v) is 4.24. The zero-order valence-corrected chi connectivity index (χ0v) is 19.7. The first kappa shape index (κ1) is 24.6. The third-order valence-corrected chi connectivity index (χ3v) is 6.14. The number of benzene rings is 3. The lowest BCUT2D eigenvalue weighted by Crippen LogP contribution is -2.41. The van der Waals surface area contributed by atoms with E-state index in [1.807, 2.05) is 13.8 Å². The van der Waals surface area contributed by atoms with Crippen molar-refractivity contribution in [3.05, 3.63) is 83.4 Å². The summed E-state index contributed by atoms with van der Waals surface area (Å²) in [7, 11) is -2.73. The Hall–Kier alpha value is -4.05. The van der Waals surface area contributed by atoms with Crippen LogP contribution >= 0.6 is 0 Å². The third kappa shape index (κ3) is 6.04. The summed E-state index contributed by atoms with van der Waals surface area (Å²) in [6.45, 7) is 4.24. The van der Waals surface area contributed by atoms with Gasteiger partial charge >= 0.3 is 0 Å². The highest BCUT2D eigenvalue weighted by Crippen LogP contribution is 2.27. The summed E-state index contributed by atoms with van der Waals surface area (Å²) in [5.41, 5.74) is 6.25. The van der Waals surface area contributed by atoms with Gasteiger partial charge in [0.05, 0.1) is 13.7 Å². The van der Waals surface area contributed by atoms with Crippen LogP contribution in [0.25, 0.3) is 0 Å². The molecule has 34 heavy (non-hydrogen) atoms. The molecule has 0 aliphatic carbocycles. The van der Waals surface area contributed by atoms with Crippen molar-refractivity contribution >= 4 is 27.5 Å². The van der Waals surface area contributed by atoms with Gasteiger partial charge in [0.25, 0.3) is 21.8 Å². The lowest BCUT2D eigenvalue weighted by atomic mass is 10.2. The van der Waals surface area contributed by atoms with Crippen LogP contribution in [0.3, 0.4) is 0 Å². The average Bonchev–Trinajstić information content (AvgIpc) is 2.84. The topological polar surface area (TPSA) is 123 Å². The molecule has 2 amide bonds. The van der Waals surface area contributed by atoms with Gasteiger partial charge in [0, 0.05) is 16.8 Å². The zero-order valence-electron chi connectivity index (χ0n) is 18.9. The monoisotopic (exact) mass is 483 g/mol. The van der Waals surface area contributed by atoms with E-state index in [1.54, 1.807) is 48.5 Å². The maximum absolute atomic E-state index is 13.0. The van der Waals surface area contributed by atoms with Crippen molar-refractivity contribution in [2.75, 3.05) is 18.4 Å². The molecule has 3 aromatic rings. The highest BCUT2D eigenvalue weighted by Gasteiger charge is 2.22. The molecule has 3 aromatic carbocycles. The molecule has 3 N–H and O–H groups in total. The van der Waals surface area contributed by atoms with Gasteiger partial charge in [0.1, 0.15) is 16.4 Å². The number of aryl methyl sites for hydroxylation is 1. The Labute approximate surface area is 198 Å². The van der Waals surface area contributed by atoms with E-state index in [1.165, 1.54) is 25.3 Å². The van der Waals surface area contributed by atoms with E-state index in [2.05, 4.69) is 15.6 Å². The first-order valence-electron chi connectivity index (χ1n) is 10.3. The van der Waals surface area contributed by atoms with Crippen molar-refractivity contribution < 1.29 is 27.5 Å². The summed E-state index contributed by atoms with van der Waals surface area (Å²) in [4.78, 5) is 24.7. The van der Waals surface area contributed by atoms with Crippen molar-refractivity contribution in [1.29, 1.82) is 0 Å². The molecular formula is C24H25N3O6S. The molecule has 10 heteroatoms. The van der Waals surface area contributed by atoms with Gasteiger partial charge in [-0.3, -0.25) is 25.2 Å². The van der Waals surface area contributed by atoms with Gasteiger partial charge in [-0.15, -0.1) is 0 Å². The van der Waals surface area contributed by atoms with Crippen LogP contribution in [0.1, 0.15) is 33.2 Å². The highest BCUT2D eigenvalue weighted by atomic mass is 32.2. The number of hydrogen-bond donors (Lipinski definition) is 3. The molecular weight excluding hydrogens is 458 g/mol. The minimum Gasteiger partial charge on any atom is -0.495 e. The Morgan fingerprint density at radius 1 is 0.853 bits per heavy atom. The maximum atomic E-state index is 13.0. The molecule has 0 fully saturated rings. The minimum absolute atomic E-state index is 0.0112. The number of carbonyl (C=O) groups is 2. The van der Waals surface area contributed by atoms with E-state index < -0.39 is 21.8 Å². The van der Waals surface area contributed by atoms with E-state index >= 15 is 0 Å². The number of anilines is 1. The van der Waals surface area contributed by atoms with Crippen LogP contribution in [0, 0.1) is 6.92 Å². The van der Waals surface area contributed by atoms with Gasteiger partial charge in [-0.25, -0.2) is 8.42 Å². The molecule has 0 aliphatic rings. The first-order valence-corrected chi connectivity index (χ1v) is 11.8. The molecule has 0 heterocycles. The zero-order chi connectivity index (χ0) is 24.7. The Balaban J connectivity index is 1.74. The summed E-state index contributed by atoms with van der Waals surface area (Å²) < 4.78 is 38.9. The molecule has 0 saturated heterocycles. The van der Waals surface area contributed by atoms with Crippen LogP contribution in [0.2, 0.25) is 0 Å². The second-order valence-corrected chi connectivity index (χ2v) is 8.85. The van der Waals surface area contributed by atoms with E-state index in [-0.39, 0.29) is 16.2 Å². The number of ether oxygens (including phenoxy) is 2. The van der Waals surface area contributed by atoms with Crippen molar-refractivity contribution in [3.63, 3.8) is 0 Å². The standard InChI is InChI=1S/C24H25N3O6S/c1-4-33-20-12-7-17(8-13-20)23(28)25-26-24(29)18-9-14-21(32-3)22(15-18)34(30,31)27-19-10-5-16(2)6-11-19/h5-15,27H,4H2,1-3H3,(H,25,28)(H,26,29). The average molecular weight is 484 g/mol. The molecule has 0 aliphatic heterocycles. The van der Waals surface area contributed by atoms with Crippen LogP contribution in [0.15, 0.2) is 71.6 Å². The molecule has 0 spiro atoms. The second-order valence-electron chi connectivity index (χ2n) is 7.20. The SMILES string of the molecule is CCOc1ccc(C(=O)NNC(=O)c2ccc(OC)c(S(=O)(=O)Nc3ccc(C)cc3)c2)cc1. The quantitative estimate of drug-likeness (QED) is 0.423. The van der Waals surface area contributed by atoms with Crippen molar-refractivity contribution in [1.82, 2.24) is 10.9 Å². The van der Waals surface area contributed by atoms with Gasteiger partial charge in [-0.05, 0) is 68.4 Å². The lowest BCUT2D eigenvalue weighted by molar-refractivity contribution is 0.0846. The Morgan fingerprint density at radius 2 is 1.44 bits per heavy atom. The van der Waals surface area contributed by atoms with Crippen LogP contribution < -0.4 is 25.0 Å². The van der Waals surface area contributed by atoms with Crippen molar-refractivity contribution in [3.8, 4) is 11.5 Å².